The molecule has 5 rings (SSSR count). The van der Waals surface area contributed by atoms with Crippen molar-refractivity contribution in [2.24, 2.45) is 4.99 Å². The van der Waals surface area contributed by atoms with Crippen LogP contribution in [0.4, 0.5) is 5.69 Å². The molecule has 130 valence electrons. The highest BCUT2D eigenvalue weighted by Gasteiger charge is 2.38. The van der Waals surface area contributed by atoms with Crippen LogP contribution in [0.15, 0.2) is 107 Å². The third-order valence-electron chi connectivity index (χ3n) is 4.91. The SMILES string of the molecule is c1ccc(C2(c3ccccc3)N=C(c3cccs3)c3ccccc3N2)cc1. The lowest BCUT2D eigenvalue weighted by molar-refractivity contribution is 0.620. The van der Waals surface area contributed by atoms with Crippen LogP contribution in [0.2, 0.25) is 0 Å². The number of para-hydroxylation sites is 1. The molecule has 2 heterocycles. The Morgan fingerprint density at radius 3 is 1.93 bits per heavy atom. The van der Waals surface area contributed by atoms with E-state index in [0.29, 0.717) is 0 Å². The number of hydrogen-bond donors (Lipinski definition) is 1. The van der Waals surface area contributed by atoms with Gasteiger partial charge in [-0.25, -0.2) is 4.99 Å². The van der Waals surface area contributed by atoms with Crippen LogP contribution >= 0.6 is 11.3 Å². The van der Waals surface area contributed by atoms with Gasteiger partial charge in [-0.2, -0.15) is 0 Å². The maximum absolute atomic E-state index is 5.35. The van der Waals surface area contributed by atoms with Gasteiger partial charge in [0.1, 0.15) is 0 Å². The molecule has 0 saturated carbocycles. The summed E-state index contributed by atoms with van der Waals surface area (Å²) in [6.07, 6.45) is 0. The van der Waals surface area contributed by atoms with Gasteiger partial charge >= 0.3 is 0 Å². The molecule has 0 atom stereocenters. The van der Waals surface area contributed by atoms with Crippen LogP contribution in [-0.4, -0.2) is 5.71 Å². The molecule has 0 fully saturated rings. The molecule has 0 unspecified atom stereocenters. The van der Waals surface area contributed by atoms with Crippen LogP contribution < -0.4 is 5.32 Å². The van der Waals surface area contributed by atoms with Crippen molar-refractivity contribution in [1.29, 1.82) is 0 Å². The number of fused-ring (bicyclic) bond motifs is 1. The van der Waals surface area contributed by atoms with Crippen molar-refractivity contribution in [2.45, 2.75) is 5.66 Å². The zero-order valence-electron chi connectivity index (χ0n) is 14.7. The van der Waals surface area contributed by atoms with E-state index in [1.54, 1.807) is 11.3 Å². The summed E-state index contributed by atoms with van der Waals surface area (Å²) in [5, 5.41) is 5.86. The number of nitrogens with one attached hydrogen (secondary N) is 1. The van der Waals surface area contributed by atoms with Gasteiger partial charge in [-0.1, -0.05) is 84.9 Å². The standard InChI is InChI=1S/C24H18N2S/c1-3-10-18(11-4-1)24(19-12-5-2-6-13-19)25-21-15-8-7-14-20(21)23(26-24)22-16-9-17-27-22/h1-17,25H. The minimum Gasteiger partial charge on any atom is -0.353 e. The normalized spacial score (nSPS) is 14.7. The van der Waals surface area contributed by atoms with Crippen LogP contribution in [0.3, 0.4) is 0 Å². The number of rotatable bonds is 3. The van der Waals surface area contributed by atoms with Crippen molar-refractivity contribution in [3.05, 3.63) is 124 Å². The molecule has 0 aliphatic carbocycles. The Morgan fingerprint density at radius 1 is 0.667 bits per heavy atom. The van der Waals surface area contributed by atoms with E-state index < -0.39 is 5.66 Å². The molecule has 0 spiro atoms. The van der Waals surface area contributed by atoms with E-state index in [-0.39, 0.29) is 0 Å². The second-order valence-corrected chi connectivity index (χ2v) is 7.50. The summed E-state index contributed by atoms with van der Waals surface area (Å²) in [5.41, 5.74) is 4.87. The van der Waals surface area contributed by atoms with Crippen molar-refractivity contribution in [3.8, 4) is 0 Å². The lowest BCUT2D eigenvalue weighted by atomic mass is 9.88. The molecular formula is C24H18N2S. The summed E-state index contributed by atoms with van der Waals surface area (Å²) in [5.74, 6) is 0. The minimum atomic E-state index is -0.657. The molecule has 0 bridgehead atoms. The van der Waals surface area contributed by atoms with Gasteiger partial charge in [0.15, 0.2) is 5.66 Å². The third-order valence-corrected chi connectivity index (χ3v) is 5.79. The van der Waals surface area contributed by atoms with Crippen molar-refractivity contribution in [3.63, 3.8) is 0 Å². The first-order valence-electron chi connectivity index (χ1n) is 8.99. The first kappa shape index (κ1) is 16.0. The molecule has 1 N–H and O–H groups in total. The maximum Gasteiger partial charge on any atom is 0.182 e. The van der Waals surface area contributed by atoms with Gasteiger partial charge in [0.25, 0.3) is 0 Å². The summed E-state index contributed by atoms with van der Waals surface area (Å²) in [6.45, 7) is 0. The van der Waals surface area contributed by atoms with Crippen molar-refractivity contribution >= 4 is 22.7 Å². The van der Waals surface area contributed by atoms with Gasteiger partial charge in [0.2, 0.25) is 0 Å². The van der Waals surface area contributed by atoms with Crippen molar-refractivity contribution in [2.75, 3.05) is 5.32 Å². The van der Waals surface area contributed by atoms with E-state index >= 15 is 0 Å². The fraction of sp³-hybridized carbons (Fsp3) is 0.0417. The van der Waals surface area contributed by atoms with E-state index in [4.69, 9.17) is 4.99 Å². The van der Waals surface area contributed by atoms with Crippen molar-refractivity contribution < 1.29 is 0 Å². The van der Waals surface area contributed by atoms with Crippen LogP contribution in [0.5, 0.6) is 0 Å². The molecule has 4 aromatic rings. The molecule has 1 aliphatic rings. The fourth-order valence-electron chi connectivity index (χ4n) is 3.65. The smallest absolute Gasteiger partial charge is 0.182 e. The minimum absolute atomic E-state index is 0.657. The Labute approximate surface area is 162 Å². The average molecular weight is 366 g/mol. The second-order valence-electron chi connectivity index (χ2n) is 6.55. The van der Waals surface area contributed by atoms with Gasteiger partial charge < -0.3 is 5.32 Å². The molecule has 1 aromatic heterocycles. The average Bonchev–Trinajstić information content (AvgIpc) is 3.29. The highest BCUT2D eigenvalue weighted by Crippen LogP contribution is 2.41. The number of aliphatic imine (C=N–C) groups is 1. The van der Waals surface area contributed by atoms with Gasteiger partial charge in [0.05, 0.1) is 10.6 Å². The summed E-state index contributed by atoms with van der Waals surface area (Å²) in [4.78, 5) is 6.53. The lowest BCUT2D eigenvalue weighted by Gasteiger charge is -2.38. The van der Waals surface area contributed by atoms with Crippen LogP contribution in [0.1, 0.15) is 21.6 Å². The van der Waals surface area contributed by atoms with E-state index in [2.05, 4.69) is 95.6 Å². The number of anilines is 1. The Kier molecular flexibility index (Phi) is 3.88. The monoisotopic (exact) mass is 366 g/mol. The maximum atomic E-state index is 5.35. The van der Waals surface area contributed by atoms with E-state index in [9.17, 15) is 0 Å². The number of nitrogens with zero attached hydrogens (tertiary/aromatic N) is 1. The zero-order chi connectivity index (χ0) is 18.1. The highest BCUT2D eigenvalue weighted by atomic mass is 32.1. The number of hydrogen-bond acceptors (Lipinski definition) is 3. The first-order chi connectivity index (χ1) is 13.4. The first-order valence-corrected chi connectivity index (χ1v) is 9.87. The zero-order valence-corrected chi connectivity index (χ0v) is 15.5. The van der Waals surface area contributed by atoms with Crippen LogP contribution in [-0.2, 0) is 5.66 Å². The Bertz CT molecular complexity index is 1040. The van der Waals surface area contributed by atoms with Gasteiger partial charge in [-0.3, -0.25) is 0 Å². The summed E-state index contributed by atoms with van der Waals surface area (Å²) < 4.78 is 0. The molecule has 1 aliphatic heterocycles. The quantitative estimate of drug-likeness (QED) is 0.479. The molecule has 27 heavy (non-hydrogen) atoms. The molecule has 3 aromatic carbocycles. The van der Waals surface area contributed by atoms with Crippen LogP contribution in [0, 0.1) is 0 Å². The van der Waals surface area contributed by atoms with Gasteiger partial charge in [-0.05, 0) is 17.5 Å². The lowest BCUT2D eigenvalue weighted by Crippen LogP contribution is -2.39. The van der Waals surface area contributed by atoms with E-state index in [1.807, 2.05) is 12.1 Å². The fourth-order valence-corrected chi connectivity index (χ4v) is 4.38. The van der Waals surface area contributed by atoms with Crippen molar-refractivity contribution in [1.82, 2.24) is 0 Å². The van der Waals surface area contributed by atoms with Gasteiger partial charge in [-0.15, -0.1) is 11.3 Å². The number of benzene rings is 3. The molecule has 0 saturated heterocycles. The Hall–Kier alpha value is -3.17. The Morgan fingerprint density at radius 2 is 1.30 bits per heavy atom. The predicted molar refractivity (Wildman–Crippen MR) is 114 cm³/mol. The Balaban J connectivity index is 1.83. The molecule has 0 radical (unpaired) electrons. The largest absolute Gasteiger partial charge is 0.353 e. The third kappa shape index (κ3) is 2.68. The predicted octanol–water partition coefficient (Wildman–Crippen LogP) is 5.91. The number of thiophene rings is 1. The second kappa shape index (κ2) is 6.53. The van der Waals surface area contributed by atoms with Gasteiger partial charge in [0, 0.05) is 22.4 Å². The van der Waals surface area contributed by atoms with E-state index in [1.165, 1.54) is 4.88 Å². The summed E-state index contributed by atoms with van der Waals surface area (Å²) in [6, 6.07) is 33.6. The topological polar surface area (TPSA) is 24.4 Å². The highest BCUT2D eigenvalue weighted by molar-refractivity contribution is 7.12. The van der Waals surface area contributed by atoms with Crippen LogP contribution in [0.25, 0.3) is 0 Å². The molecule has 2 nitrogen and oxygen atoms in total. The molecular weight excluding hydrogens is 348 g/mol. The molecule has 0 amide bonds. The summed E-state index contributed by atoms with van der Waals surface area (Å²) >= 11 is 1.73. The summed E-state index contributed by atoms with van der Waals surface area (Å²) in [7, 11) is 0. The molecule has 3 heteroatoms. The van der Waals surface area contributed by atoms with E-state index in [0.717, 1.165) is 28.1 Å².